The van der Waals surface area contributed by atoms with Crippen LogP contribution in [0.15, 0.2) is 54.6 Å². The molecule has 6 nitrogen and oxygen atoms in total. The molecule has 1 heterocycles. The van der Waals surface area contributed by atoms with Gasteiger partial charge in [-0.15, -0.1) is 0 Å². The Hall–Kier alpha value is -2.67. The number of rotatable bonds is 14. The molecule has 194 valence electrons. The maximum Gasteiger partial charge on any atom is 0.251 e. The molecule has 0 aliphatic rings. The lowest BCUT2D eigenvalue weighted by molar-refractivity contribution is 0.0704. The summed E-state index contributed by atoms with van der Waals surface area (Å²) in [7, 11) is 0. The van der Waals surface area contributed by atoms with Crippen LogP contribution in [0.2, 0.25) is 5.15 Å². The zero-order chi connectivity index (χ0) is 25.9. The van der Waals surface area contributed by atoms with Crippen molar-refractivity contribution in [3.8, 4) is 0 Å². The summed E-state index contributed by atoms with van der Waals surface area (Å²) in [6.45, 7) is 7.74. The summed E-state index contributed by atoms with van der Waals surface area (Å²) in [5.74, 6) is 1.05. The van der Waals surface area contributed by atoms with Gasteiger partial charge in [0.25, 0.3) is 5.91 Å². The second-order valence-electron chi connectivity index (χ2n) is 9.28. The smallest absolute Gasteiger partial charge is 0.251 e. The molecular formula is C29H38ClN3O3. The Morgan fingerprint density at radius 1 is 1.11 bits per heavy atom. The molecule has 2 N–H and O–H groups in total. The Morgan fingerprint density at radius 2 is 1.83 bits per heavy atom. The van der Waals surface area contributed by atoms with E-state index in [0.29, 0.717) is 36.2 Å². The van der Waals surface area contributed by atoms with Crippen molar-refractivity contribution in [2.75, 3.05) is 6.61 Å². The first kappa shape index (κ1) is 27.9. The second-order valence-corrected chi connectivity index (χ2v) is 9.63. The topological polar surface area (TPSA) is 76.4 Å². The number of aromatic nitrogens is 2. The zero-order valence-corrected chi connectivity index (χ0v) is 22.3. The fourth-order valence-corrected chi connectivity index (χ4v) is 4.33. The van der Waals surface area contributed by atoms with Gasteiger partial charge in [0, 0.05) is 18.5 Å². The quantitative estimate of drug-likeness (QED) is 0.287. The van der Waals surface area contributed by atoms with Gasteiger partial charge in [0.05, 0.1) is 31.6 Å². The van der Waals surface area contributed by atoms with E-state index in [-0.39, 0.29) is 24.5 Å². The number of aliphatic hydroxyl groups is 1. The molecule has 3 rings (SSSR count). The van der Waals surface area contributed by atoms with E-state index in [2.05, 4.69) is 31.1 Å². The van der Waals surface area contributed by atoms with Crippen molar-refractivity contribution in [3.05, 3.63) is 88.0 Å². The zero-order valence-electron chi connectivity index (χ0n) is 21.5. The highest BCUT2D eigenvalue weighted by Crippen LogP contribution is 2.21. The summed E-state index contributed by atoms with van der Waals surface area (Å²) in [4.78, 5) is 17.5. The number of imidazole rings is 1. The third-order valence-corrected chi connectivity index (χ3v) is 6.92. The highest BCUT2D eigenvalue weighted by atomic mass is 35.5. The summed E-state index contributed by atoms with van der Waals surface area (Å²) in [6, 6.07) is 17.5. The average Bonchev–Trinajstić information content (AvgIpc) is 3.20. The molecule has 3 aromatic rings. The van der Waals surface area contributed by atoms with Crippen LogP contribution in [0.1, 0.15) is 73.0 Å². The lowest BCUT2D eigenvalue weighted by Gasteiger charge is -2.24. The van der Waals surface area contributed by atoms with Gasteiger partial charge in [-0.2, -0.15) is 0 Å². The molecule has 0 fully saturated rings. The van der Waals surface area contributed by atoms with Crippen LogP contribution >= 0.6 is 11.6 Å². The van der Waals surface area contributed by atoms with Crippen molar-refractivity contribution >= 4 is 17.5 Å². The molecule has 1 aromatic heterocycles. The van der Waals surface area contributed by atoms with Gasteiger partial charge < -0.3 is 19.7 Å². The second kappa shape index (κ2) is 14.2. The van der Waals surface area contributed by atoms with Gasteiger partial charge in [-0.1, -0.05) is 87.7 Å². The van der Waals surface area contributed by atoms with Crippen LogP contribution in [0.25, 0.3) is 0 Å². The highest BCUT2D eigenvalue weighted by Gasteiger charge is 2.20. The van der Waals surface area contributed by atoms with Gasteiger partial charge in [-0.3, -0.25) is 4.79 Å². The first-order valence-electron chi connectivity index (χ1n) is 12.8. The maximum atomic E-state index is 13.0. The first-order chi connectivity index (χ1) is 17.5. The predicted octanol–water partition coefficient (Wildman–Crippen LogP) is 5.78. The van der Waals surface area contributed by atoms with Crippen molar-refractivity contribution < 1.29 is 14.6 Å². The van der Waals surface area contributed by atoms with Crippen LogP contribution in [0, 0.1) is 5.92 Å². The summed E-state index contributed by atoms with van der Waals surface area (Å²) in [6.07, 6.45) is 3.81. The number of hydrogen-bond donors (Lipinski definition) is 2. The molecule has 0 unspecified atom stereocenters. The van der Waals surface area contributed by atoms with Gasteiger partial charge in [0.1, 0.15) is 5.82 Å². The third-order valence-electron chi connectivity index (χ3n) is 6.62. The van der Waals surface area contributed by atoms with Crippen LogP contribution in [0.4, 0.5) is 0 Å². The number of hydrogen-bond acceptors (Lipinski definition) is 4. The number of halogens is 1. The largest absolute Gasteiger partial charge is 0.390 e. The predicted molar refractivity (Wildman–Crippen MR) is 144 cm³/mol. The lowest BCUT2D eigenvalue weighted by atomic mass is 9.99. The molecule has 36 heavy (non-hydrogen) atoms. The number of aliphatic hydroxyl groups excluding tert-OH is 1. The van der Waals surface area contributed by atoms with Gasteiger partial charge >= 0.3 is 0 Å². The molecule has 0 saturated heterocycles. The van der Waals surface area contributed by atoms with Crippen LogP contribution in [-0.2, 0) is 30.9 Å². The Balaban J connectivity index is 1.64. The van der Waals surface area contributed by atoms with Crippen molar-refractivity contribution in [2.45, 2.75) is 72.3 Å². The molecule has 0 aliphatic carbocycles. The molecule has 2 aromatic carbocycles. The van der Waals surface area contributed by atoms with Crippen molar-refractivity contribution in [3.63, 3.8) is 0 Å². The third kappa shape index (κ3) is 7.66. The van der Waals surface area contributed by atoms with E-state index in [1.54, 1.807) is 0 Å². The Kier molecular flexibility index (Phi) is 11.0. The Bertz CT molecular complexity index is 1080. The average molecular weight is 512 g/mol. The number of aryl methyl sites for hydroxylation is 1. The van der Waals surface area contributed by atoms with Gasteiger partial charge in [0.2, 0.25) is 0 Å². The fourth-order valence-electron chi connectivity index (χ4n) is 4.07. The molecule has 1 amide bonds. The number of unbranched alkanes of at least 4 members (excludes halogenated alkanes) is 1. The number of carbonyl (C=O) groups is 1. The van der Waals surface area contributed by atoms with Gasteiger partial charge in [-0.25, -0.2) is 4.98 Å². The number of nitrogens with zero attached hydrogens (tertiary/aromatic N) is 2. The van der Waals surface area contributed by atoms with Crippen LogP contribution < -0.4 is 5.32 Å². The number of benzene rings is 2. The van der Waals surface area contributed by atoms with Crippen LogP contribution in [0.3, 0.4) is 0 Å². The molecule has 0 aliphatic heterocycles. The molecule has 0 bridgehead atoms. The SMILES string of the molecule is CCCCc1nc(Cl)c(CO)n1Cc1ccc(C(=O)N[C@H](COCc2ccccc2)[C@@H](C)CC)cc1. The van der Waals surface area contributed by atoms with Gasteiger partial charge in [0.15, 0.2) is 5.15 Å². The molecule has 2 atom stereocenters. The van der Waals surface area contributed by atoms with Crippen molar-refractivity contribution in [2.24, 2.45) is 5.92 Å². The highest BCUT2D eigenvalue weighted by molar-refractivity contribution is 6.30. The van der Waals surface area contributed by atoms with E-state index in [4.69, 9.17) is 16.3 Å². The molecule has 0 spiro atoms. The Labute approximate surface area is 219 Å². The number of ether oxygens (including phenoxy) is 1. The van der Waals surface area contributed by atoms with Crippen molar-refractivity contribution in [1.82, 2.24) is 14.9 Å². The number of nitrogens with one attached hydrogen (secondary N) is 1. The standard InChI is InChI=1S/C29H38ClN3O3/c1-4-6-12-27-32-28(30)26(18-34)33(27)17-22-13-15-24(16-14-22)29(35)31-25(21(3)5-2)20-36-19-23-10-8-7-9-11-23/h7-11,13-16,21,25,34H,4-6,12,17-20H2,1-3H3,(H,31,35)/t21-,25+/m0/s1. The van der Waals surface area contributed by atoms with Crippen LogP contribution in [0.5, 0.6) is 0 Å². The lowest BCUT2D eigenvalue weighted by Crippen LogP contribution is -2.42. The summed E-state index contributed by atoms with van der Waals surface area (Å²) < 4.78 is 7.92. The maximum absolute atomic E-state index is 13.0. The van der Waals surface area contributed by atoms with Gasteiger partial charge in [-0.05, 0) is 35.6 Å². The van der Waals surface area contributed by atoms with E-state index in [9.17, 15) is 9.90 Å². The number of amides is 1. The minimum Gasteiger partial charge on any atom is -0.390 e. The molecular weight excluding hydrogens is 474 g/mol. The molecule has 7 heteroatoms. The summed E-state index contributed by atoms with van der Waals surface area (Å²) >= 11 is 6.26. The molecule has 0 radical (unpaired) electrons. The molecule has 0 saturated carbocycles. The van der Waals surface area contributed by atoms with E-state index < -0.39 is 0 Å². The fraction of sp³-hybridized carbons (Fsp3) is 0.448. The van der Waals surface area contributed by atoms with Crippen LogP contribution in [-0.4, -0.2) is 33.2 Å². The minimum absolute atomic E-state index is 0.0767. The summed E-state index contributed by atoms with van der Waals surface area (Å²) in [5, 5.41) is 13.3. The van der Waals surface area contributed by atoms with E-state index >= 15 is 0 Å². The first-order valence-corrected chi connectivity index (χ1v) is 13.2. The minimum atomic E-state index is -0.165. The van der Waals surface area contributed by atoms with E-state index in [1.165, 1.54) is 0 Å². The van der Waals surface area contributed by atoms with E-state index in [1.807, 2.05) is 59.2 Å². The Morgan fingerprint density at radius 3 is 2.47 bits per heavy atom. The monoisotopic (exact) mass is 511 g/mol. The van der Waals surface area contributed by atoms with E-state index in [0.717, 1.165) is 42.6 Å². The summed E-state index contributed by atoms with van der Waals surface area (Å²) in [5.41, 5.74) is 3.35. The normalized spacial score (nSPS) is 12.9. The number of carbonyl (C=O) groups excluding carboxylic acids is 1. The van der Waals surface area contributed by atoms with Crippen molar-refractivity contribution in [1.29, 1.82) is 0 Å².